The van der Waals surface area contributed by atoms with Gasteiger partial charge in [0, 0.05) is 42.7 Å². The van der Waals surface area contributed by atoms with Crippen molar-refractivity contribution in [2.24, 2.45) is 5.92 Å². The Bertz CT molecular complexity index is 1530. The summed E-state index contributed by atoms with van der Waals surface area (Å²) in [6.07, 6.45) is 7.29. The molecule has 0 amide bonds. The van der Waals surface area contributed by atoms with Crippen LogP contribution in [0, 0.1) is 5.92 Å². The van der Waals surface area contributed by atoms with Gasteiger partial charge in [0.15, 0.2) is 0 Å². The maximum absolute atomic E-state index is 13.2. The molecule has 1 atom stereocenters. The third kappa shape index (κ3) is 7.99. The van der Waals surface area contributed by atoms with Crippen LogP contribution < -0.4 is 20.4 Å². The molecule has 1 saturated heterocycles. The van der Waals surface area contributed by atoms with Crippen LogP contribution in [0.3, 0.4) is 0 Å². The zero-order valence-corrected chi connectivity index (χ0v) is 25.6. The Labute approximate surface area is 253 Å². The van der Waals surface area contributed by atoms with Crippen molar-refractivity contribution in [3.63, 3.8) is 0 Å². The van der Waals surface area contributed by atoms with Crippen molar-refractivity contribution < 1.29 is 27.4 Å². The molecule has 3 aromatic rings. The Morgan fingerprint density at radius 3 is 2.44 bits per heavy atom. The molecule has 43 heavy (non-hydrogen) atoms. The second kappa shape index (κ2) is 14.4. The molecule has 2 aromatic carbocycles. The van der Waals surface area contributed by atoms with E-state index in [1.807, 2.05) is 13.0 Å². The molecule has 0 spiro atoms. The number of aryl methyl sites for hydroxylation is 1. The number of benzene rings is 2. The molecule has 0 bridgehead atoms. The summed E-state index contributed by atoms with van der Waals surface area (Å²) in [5.41, 5.74) is 1.73. The zero-order chi connectivity index (χ0) is 30.2. The number of nitrogens with one attached hydrogen (secondary N) is 2. The largest absolute Gasteiger partial charge is 0.507 e. The number of rotatable bonds is 8. The molecule has 1 aliphatic heterocycles. The maximum Gasteiger partial charge on any atom is 0.343 e. The van der Waals surface area contributed by atoms with Crippen LogP contribution >= 0.6 is 0 Å². The van der Waals surface area contributed by atoms with Crippen molar-refractivity contribution in [3.05, 3.63) is 81.4 Å². The second-order valence-electron chi connectivity index (χ2n) is 11.3. The number of ether oxygens (including phenoxy) is 2. The topological polar surface area (TPSA) is 127 Å². The Hall–Kier alpha value is -3.34. The van der Waals surface area contributed by atoms with Gasteiger partial charge in [0.25, 0.3) is 10.0 Å². The molecule has 2 heterocycles. The summed E-state index contributed by atoms with van der Waals surface area (Å²) in [7, 11) is -3.86. The molecule has 232 valence electrons. The maximum atomic E-state index is 13.2. The van der Waals surface area contributed by atoms with Crippen LogP contribution in [0.15, 0.2) is 62.6 Å². The second-order valence-corrected chi connectivity index (χ2v) is 13.0. The van der Waals surface area contributed by atoms with Gasteiger partial charge >= 0.3 is 5.63 Å². The Morgan fingerprint density at radius 2 is 1.77 bits per heavy atom. The number of sulfonamides is 1. The van der Waals surface area contributed by atoms with Crippen LogP contribution in [-0.4, -0.2) is 46.4 Å². The molecule has 6 rings (SSSR count). The smallest absolute Gasteiger partial charge is 0.343 e. The summed E-state index contributed by atoms with van der Waals surface area (Å²) < 4.78 is 45.1. The van der Waals surface area contributed by atoms with E-state index in [0.29, 0.717) is 42.2 Å². The minimum absolute atomic E-state index is 0.0590. The first-order chi connectivity index (χ1) is 20.9. The van der Waals surface area contributed by atoms with E-state index in [1.165, 1.54) is 12.1 Å². The van der Waals surface area contributed by atoms with Crippen LogP contribution in [0.5, 0.6) is 11.5 Å². The van der Waals surface area contributed by atoms with Gasteiger partial charge in [0.05, 0.1) is 30.3 Å². The van der Waals surface area contributed by atoms with Gasteiger partial charge in [-0.1, -0.05) is 31.0 Å². The average Bonchev–Trinajstić information content (AvgIpc) is 3.83. The number of hydrogen-bond acceptors (Lipinski definition) is 8. The summed E-state index contributed by atoms with van der Waals surface area (Å²) >= 11 is 0. The standard InChI is InChI=1S/C29H33NO6S.C4H9NO/c1-2-35-22-11-8-12-23(18-22)37(33,34)30-21-10-7-9-20(17-21)26(19-15-16-19)27-28(31)24-13-5-3-4-6-14-25(24)36-29(27)32;1-3-6-4-2-5-1/h7-12,17-19,26,30-31H,2-6,13-16H2,1H3;5H,1-4H2. The molecule has 1 unspecified atom stereocenters. The highest BCUT2D eigenvalue weighted by atomic mass is 32.2. The summed E-state index contributed by atoms with van der Waals surface area (Å²) in [4.78, 5) is 13.3. The Kier molecular flexibility index (Phi) is 10.4. The number of aromatic hydroxyl groups is 1. The predicted molar refractivity (Wildman–Crippen MR) is 166 cm³/mol. The van der Waals surface area contributed by atoms with Crippen LogP contribution in [0.25, 0.3) is 0 Å². The SMILES string of the molecule is C1COCCN1.CCOc1cccc(S(=O)(=O)Nc2cccc(C(c3c(O)c4c(oc3=O)CCCCCC4)C3CC3)c2)c1. The van der Waals surface area contributed by atoms with E-state index in [4.69, 9.17) is 13.9 Å². The van der Waals surface area contributed by atoms with Gasteiger partial charge in [-0.25, -0.2) is 13.2 Å². The molecule has 10 heteroatoms. The van der Waals surface area contributed by atoms with Gasteiger partial charge in [0.2, 0.25) is 0 Å². The molecular weight excluding hydrogens is 568 g/mol. The zero-order valence-electron chi connectivity index (χ0n) is 24.8. The van der Waals surface area contributed by atoms with Crippen molar-refractivity contribution in [2.45, 2.75) is 69.1 Å². The fourth-order valence-corrected chi connectivity index (χ4v) is 6.91. The van der Waals surface area contributed by atoms with Crippen molar-refractivity contribution in [1.29, 1.82) is 0 Å². The summed E-state index contributed by atoms with van der Waals surface area (Å²) in [6, 6.07) is 13.4. The van der Waals surface area contributed by atoms with E-state index in [-0.39, 0.29) is 22.5 Å². The first-order valence-electron chi connectivity index (χ1n) is 15.4. The van der Waals surface area contributed by atoms with Crippen LogP contribution in [0.2, 0.25) is 0 Å². The minimum Gasteiger partial charge on any atom is -0.507 e. The highest BCUT2D eigenvalue weighted by Crippen LogP contribution is 2.49. The number of morpholine rings is 1. The van der Waals surface area contributed by atoms with E-state index >= 15 is 0 Å². The Morgan fingerprint density at radius 1 is 1.02 bits per heavy atom. The van der Waals surface area contributed by atoms with E-state index < -0.39 is 15.6 Å². The molecular formula is C33H42N2O7S. The minimum atomic E-state index is -3.86. The van der Waals surface area contributed by atoms with Gasteiger partial charge in [-0.15, -0.1) is 0 Å². The van der Waals surface area contributed by atoms with E-state index in [0.717, 1.165) is 76.0 Å². The van der Waals surface area contributed by atoms with Gasteiger partial charge in [-0.05, 0) is 74.8 Å². The van der Waals surface area contributed by atoms with Crippen molar-refractivity contribution in [3.8, 4) is 11.5 Å². The van der Waals surface area contributed by atoms with Crippen LogP contribution in [0.4, 0.5) is 5.69 Å². The number of anilines is 1. The van der Waals surface area contributed by atoms with Gasteiger partial charge in [-0.2, -0.15) is 0 Å². The van der Waals surface area contributed by atoms with Crippen LogP contribution in [-0.2, 0) is 27.6 Å². The number of fused-ring (bicyclic) bond motifs is 1. The average molecular weight is 611 g/mol. The van der Waals surface area contributed by atoms with E-state index in [2.05, 4.69) is 10.0 Å². The Balaban J connectivity index is 0.000000548. The molecule has 1 aromatic heterocycles. The lowest BCUT2D eigenvalue weighted by Gasteiger charge is -2.22. The van der Waals surface area contributed by atoms with Gasteiger partial charge in [-0.3, -0.25) is 4.72 Å². The number of hydrogen-bond donors (Lipinski definition) is 3. The van der Waals surface area contributed by atoms with Crippen molar-refractivity contribution in [2.75, 3.05) is 37.6 Å². The van der Waals surface area contributed by atoms with Crippen molar-refractivity contribution >= 4 is 15.7 Å². The normalized spacial score (nSPS) is 17.8. The first kappa shape index (κ1) is 31.1. The van der Waals surface area contributed by atoms with Gasteiger partial charge < -0.3 is 24.3 Å². The third-order valence-electron chi connectivity index (χ3n) is 8.07. The molecule has 1 saturated carbocycles. The third-order valence-corrected chi connectivity index (χ3v) is 9.45. The lowest BCUT2D eigenvalue weighted by molar-refractivity contribution is 0.109. The molecule has 3 aliphatic rings. The predicted octanol–water partition coefficient (Wildman–Crippen LogP) is 5.35. The van der Waals surface area contributed by atoms with Gasteiger partial charge in [0.1, 0.15) is 17.3 Å². The van der Waals surface area contributed by atoms with Crippen LogP contribution in [0.1, 0.15) is 73.8 Å². The molecule has 9 nitrogen and oxygen atoms in total. The summed E-state index contributed by atoms with van der Waals surface area (Å²) in [5.74, 6) is 0.974. The molecule has 3 N–H and O–H groups in total. The lowest BCUT2D eigenvalue weighted by atomic mass is 9.85. The highest BCUT2D eigenvalue weighted by Gasteiger charge is 2.38. The molecule has 2 aliphatic carbocycles. The summed E-state index contributed by atoms with van der Waals surface area (Å²) in [5, 5.41) is 14.5. The molecule has 0 radical (unpaired) electrons. The van der Waals surface area contributed by atoms with E-state index in [1.54, 1.807) is 30.3 Å². The van der Waals surface area contributed by atoms with E-state index in [9.17, 15) is 18.3 Å². The quantitative estimate of drug-likeness (QED) is 0.312. The monoisotopic (exact) mass is 610 g/mol. The fourth-order valence-electron chi connectivity index (χ4n) is 5.82. The van der Waals surface area contributed by atoms with Crippen molar-refractivity contribution in [1.82, 2.24) is 5.32 Å². The fraction of sp³-hybridized carbons (Fsp3) is 0.485. The molecule has 2 fully saturated rings. The lowest BCUT2D eigenvalue weighted by Crippen LogP contribution is -2.30. The highest BCUT2D eigenvalue weighted by molar-refractivity contribution is 7.92. The summed E-state index contributed by atoms with van der Waals surface area (Å²) in [6.45, 7) is 6.11. The first-order valence-corrected chi connectivity index (χ1v) is 16.9.